The monoisotopic (exact) mass is 205 g/mol. The van der Waals surface area contributed by atoms with E-state index in [1.807, 2.05) is 6.92 Å². The molecule has 78 valence electrons. The van der Waals surface area contributed by atoms with Crippen LogP contribution in [0.5, 0.6) is 5.75 Å². The van der Waals surface area contributed by atoms with E-state index in [9.17, 15) is 9.90 Å². The van der Waals surface area contributed by atoms with Crippen molar-refractivity contribution < 1.29 is 9.90 Å². The molecule has 0 unspecified atom stereocenters. The van der Waals surface area contributed by atoms with Crippen molar-refractivity contribution in [2.75, 3.05) is 10.7 Å². The number of anilines is 2. The van der Waals surface area contributed by atoms with Gasteiger partial charge in [-0.25, -0.2) is 0 Å². The molecule has 1 aliphatic rings. The zero-order valence-electron chi connectivity index (χ0n) is 8.27. The van der Waals surface area contributed by atoms with E-state index in [4.69, 9.17) is 5.73 Å². The highest BCUT2D eigenvalue weighted by Crippen LogP contribution is 2.35. The molecule has 1 aromatic carbocycles. The molecular formula is C10H11N3O2. The number of hydrazone groups is 1. The molecule has 0 saturated carbocycles. The van der Waals surface area contributed by atoms with Crippen LogP contribution in [0.25, 0.3) is 0 Å². The number of carbonyl (C=O) groups is 1. The number of nitrogens with two attached hydrogens (primary N) is 1. The van der Waals surface area contributed by atoms with Gasteiger partial charge in [0.2, 0.25) is 0 Å². The molecule has 0 aromatic heterocycles. The van der Waals surface area contributed by atoms with Crippen molar-refractivity contribution in [2.24, 2.45) is 5.10 Å². The van der Waals surface area contributed by atoms with Gasteiger partial charge in [0.25, 0.3) is 5.91 Å². The summed E-state index contributed by atoms with van der Waals surface area (Å²) in [5.74, 6) is -0.275. The number of amides is 1. The predicted octanol–water partition coefficient (Wildman–Crippen LogP) is 1.01. The Labute approximate surface area is 86.8 Å². The fourth-order valence-corrected chi connectivity index (χ4v) is 1.50. The highest BCUT2D eigenvalue weighted by Gasteiger charge is 2.22. The third kappa shape index (κ3) is 1.52. The van der Waals surface area contributed by atoms with E-state index in [2.05, 4.69) is 5.10 Å². The van der Waals surface area contributed by atoms with Crippen molar-refractivity contribution in [1.82, 2.24) is 0 Å². The van der Waals surface area contributed by atoms with Gasteiger partial charge in [-0.2, -0.15) is 10.1 Å². The zero-order chi connectivity index (χ0) is 11.0. The second-order valence-corrected chi connectivity index (χ2v) is 3.43. The first-order valence-electron chi connectivity index (χ1n) is 4.54. The highest BCUT2D eigenvalue weighted by atomic mass is 16.3. The van der Waals surface area contributed by atoms with Crippen molar-refractivity contribution >= 4 is 23.5 Å². The van der Waals surface area contributed by atoms with Crippen LogP contribution in [0.3, 0.4) is 0 Å². The van der Waals surface area contributed by atoms with E-state index in [0.29, 0.717) is 5.69 Å². The number of hydrogen-bond acceptors (Lipinski definition) is 4. The SMILES string of the molecule is Cc1cc(N)c(O)c(N2N=CCC2=O)c1. The lowest BCUT2D eigenvalue weighted by atomic mass is 10.1. The molecule has 1 aromatic rings. The minimum atomic E-state index is -0.171. The molecule has 1 heterocycles. The van der Waals surface area contributed by atoms with Crippen LogP contribution in [0.4, 0.5) is 11.4 Å². The Bertz CT molecular complexity index is 454. The normalized spacial score (nSPS) is 15.0. The maximum absolute atomic E-state index is 11.4. The molecule has 0 atom stereocenters. The molecule has 0 fully saturated rings. The van der Waals surface area contributed by atoms with Crippen LogP contribution in [0.1, 0.15) is 12.0 Å². The minimum Gasteiger partial charge on any atom is -0.504 e. The van der Waals surface area contributed by atoms with Gasteiger partial charge in [0, 0.05) is 6.21 Å². The molecule has 3 N–H and O–H groups in total. The van der Waals surface area contributed by atoms with Crippen LogP contribution in [-0.2, 0) is 4.79 Å². The summed E-state index contributed by atoms with van der Waals surface area (Å²) in [4.78, 5) is 11.4. The predicted molar refractivity (Wildman–Crippen MR) is 57.9 cm³/mol. The van der Waals surface area contributed by atoms with E-state index in [-0.39, 0.29) is 23.8 Å². The fraction of sp³-hybridized carbons (Fsp3) is 0.200. The summed E-state index contributed by atoms with van der Waals surface area (Å²) in [5, 5.41) is 14.7. The van der Waals surface area contributed by atoms with Gasteiger partial charge in [-0.15, -0.1) is 0 Å². The molecule has 15 heavy (non-hydrogen) atoms. The van der Waals surface area contributed by atoms with Gasteiger partial charge in [0.05, 0.1) is 12.1 Å². The molecule has 1 aliphatic heterocycles. The molecule has 5 nitrogen and oxygen atoms in total. The van der Waals surface area contributed by atoms with Gasteiger partial charge in [-0.3, -0.25) is 4.79 Å². The molecule has 0 aliphatic carbocycles. The fourth-order valence-electron chi connectivity index (χ4n) is 1.50. The van der Waals surface area contributed by atoms with Gasteiger partial charge in [-0.1, -0.05) is 0 Å². The number of hydrogen-bond donors (Lipinski definition) is 2. The summed E-state index contributed by atoms with van der Waals surface area (Å²) in [6.07, 6.45) is 1.76. The topological polar surface area (TPSA) is 78.9 Å². The third-order valence-corrected chi connectivity index (χ3v) is 2.19. The number of phenols is 1. The molecule has 5 heteroatoms. The van der Waals surface area contributed by atoms with Crippen LogP contribution in [0.15, 0.2) is 17.2 Å². The second-order valence-electron chi connectivity index (χ2n) is 3.43. The number of benzene rings is 1. The number of aromatic hydroxyl groups is 1. The lowest BCUT2D eigenvalue weighted by molar-refractivity contribution is -0.116. The number of aryl methyl sites for hydroxylation is 1. The lowest BCUT2D eigenvalue weighted by Gasteiger charge is -2.15. The van der Waals surface area contributed by atoms with Gasteiger partial charge in [-0.05, 0) is 24.6 Å². The first kappa shape index (κ1) is 9.51. The summed E-state index contributed by atoms with van der Waals surface area (Å²) in [6, 6.07) is 3.31. The van der Waals surface area contributed by atoms with Crippen LogP contribution in [-0.4, -0.2) is 17.2 Å². The highest BCUT2D eigenvalue weighted by molar-refractivity contribution is 6.06. The smallest absolute Gasteiger partial charge is 0.252 e. The van der Waals surface area contributed by atoms with E-state index in [1.165, 1.54) is 11.2 Å². The summed E-state index contributed by atoms with van der Waals surface area (Å²) in [5.41, 5.74) is 7.05. The van der Waals surface area contributed by atoms with E-state index in [1.54, 1.807) is 12.1 Å². The number of rotatable bonds is 1. The van der Waals surface area contributed by atoms with E-state index in [0.717, 1.165) is 5.56 Å². The van der Waals surface area contributed by atoms with Gasteiger partial charge in [0.15, 0.2) is 5.75 Å². The Morgan fingerprint density at radius 1 is 1.53 bits per heavy atom. The molecule has 0 spiro atoms. The standard InChI is InChI=1S/C10H11N3O2/c1-6-4-7(11)10(15)8(5-6)13-9(14)2-3-12-13/h3-5,15H,2,11H2,1H3. The average molecular weight is 205 g/mol. The van der Waals surface area contributed by atoms with Crippen molar-refractivity contribution in [3.63, 3.8) is 0 Å². The number of nitrogen functional groups attached to an aromatic ring is 1. The lowest BCUT2D eigenvalue weighted by Crippen LogP contribution is -2.20. The summed E-state index contributed by atoms with van der Waals surface area (Å²) >= 11 is 0. The largest absolute Gasteiger partial charge is 0.504 e. The number of carbonyl (C=O) groups excluding carboxylic acids is 1. The van der Waals surface area contributed by atoms with Gasteiger partial charge >= 0.3 is 0 Å². The second kappa shape index (κ2) is 3.27. The number of phenolic OH excluding ortho intramolecular Hbond substituents is 1. The van der Waals surface area contributed by atoms with E-state index >= 15 is 0 Å². The first-order valence-corrected chi connectivity index (χ1v) is 4.54. The van der Waals surface area contributed by atoms with Crippen LogP contribution in [0.2, 0.25) is 0 Å². The van der Waals surface area contributed by atoms with Gasteiger partial charge < -0.3 is 10.8 Å². The third-order valence-electron chi connectivity index (χ3n) is 2.19. The van der Waals surface area contributed by atoms with Crippen LogP contribution >= 0.6 is 0 Å². The Balaban J connectivity index is 2.52. The quantitative estimate of drug-likeness (QED) is 0.530. The van der Waals surface area contributed by atoms with Crippen molar-refractivity contribution in [1.29, 1.82) is 0 Å². The zero-order valence-corrected chi connectivity index (χ0v) is 8.27. The summed E-state index contributed by atoms with van der Waals surface area (Å²) in [6.45, 7) is 1.84. The Morgan fingerprint density at radius 2 is 2.27 bits per heavy atom. The average Bonchev–Trinajstić information content (AvgIpc) is 2.58. The van der Waals surface area contributed by atoms with Gasteiger partial charge in [0.1, 0.15) is 5.69 Å². The summed E-state index contributed by atoms with van der Waals surface area (Å²) in [7, 11) is 0. The van der Waals surface area contributed by atoms with Crippen molar-refractivity contribution in [3.05, 3.63) is 17.7 Å². The molecule has 0 radical (unpaired) electrons. The summed E-state index contributed by atoms with van der Waals surface area (Å²) < 4.78 is 0. The Hall–Kier alpha value is -2.04. The maximum Gasteiger partial charge on any atom is 0.252 e. The number of nitrogens with zero attached hydrogens (tertiary/aromatic N) is 2. The first-order chi connectivity index (χ1) is 7.09. The Kier molecular flexibility index (Phi) is 2.07. The van der Waals surface area contributed by atoms with Crippen LogP contribution in [0, 0.1) is 6.92 Å². The molecule has 2 rings (SSSR count). The van der Waals surface area contributed by atoms with Crippen LogP contribution < -0.4 is 10.7 Å². The van der Waals surface area contributed by atoms with E-state index < -0.39 is 0 Å². The maximum atomic E-state index is 11.4. The minimum absolute atomic E-state index is 0.104. The van der Waals surface area contributed by atoms with Crippen molar-refractivity contribution in [3.8, 4) is 5.75 Å². The molecular weight excluding hydrogens is 194 g/mol. The molecule has 0 saturated heterocycles. The van der Waals surface area contributed by atoms with Crippen molar-refractivity contribution in [2.45, 2.75) is 13.3 Å². The molecule has 0 bridgehead atoms. The Morgan fingerprint density at radius 3 is 2.87 bits per heavy atom. The molecule has 1 amide bonds.